The van der Waals surface area contributed by atoms with E-state index in [9.17, 15) is 18.0 Å². The Labute approximate surface area is 161 Å². The van der Waals surface area contributed by atoms with Gasteiger partial charge in [-0.1, -0.05) is 23.7 Å². The average Bonchev–Trinajstić information content (AvgIpc) is 2.66. The van der Waals surface area contributed by atoms with Gasteiger partial charge in [0.2, 0.25) is 10.0 Å². The summed E-state index contributed by atoms with van der Waals surface area (Å²) < 4.78 is 35.9. The van der Waals surface area contributed by atoms with Crippen LogP contribution in [0.1, 0.15) is 0 Å². The number of halogens is 1. The molecule has 0 aliphatic carbocycles. The molecule has 0 radical (unpaired) electrons. The number of sulfonamides is 1. The van der Waals surface area contributed by atoms with E-state index in [1.165, 1.54) is 24.3 Å². The molecule has 0 aromatic heterocycles. The van der Waals surface area contributed by atoms with Gasteiger partial charge in [0.25, 0.3) is 5.91 Å². The van der Waals surface area contributed by atoms with Crippen molar-refractivity contribution in [3.63, 3.8) is 0 Å². The summed E-state index contributed by atoms with van der Waals surface area (Å²) in [6, 6.07) is 12.2. The predicted molar refractivity (Wildman–Crippen MR) is 99.2 cm³/mol. The van der Waals surface area contributed by atoms with Gasteiger partial charge in [-0.2, -0.15) is 4.72 Å². The minimum atomic E-state index is -3.86. The van der Waals surface area contributed by atoms with Crippen molar-refractivity contribution >= 4 is 39.2 Å². The summed E-state index contributed by atoms with van der Waals surface area (Å²) in [5.74, 6) is -0.761. The van der Waals surface area contributed by atoms with E-state index in [1.54, 1.807) is 24.3 Å². The molecule has 0 aliphatic heterocycles. The van der Waals surface area contributed by atoms with Crippen LogP contribution in [0.4, 0.5) is 5.69 Å². The van der Waals surface area contributed by atoms with Gasteiger partial charge < -0.3 is 14.8 Å². The quantitative estimate of drug-likeness (QED) is 0.640. The number of esters is 1. The largest absolute Gasteiger partial charge is 0.482 e. The van der Waals surface area contributed by atoms with Crippen molar-refractivity contribution in [2.24, 2.45) is 0 Å². The molecule has 1 amide bonds. The first-order valence-electron chi connectivity index (χ1n) is 7.65. The van der Waals surface area contributed by atoms with Crippen molar-refractivity contribution < 1.29 is 27.5 Å². The van der Waals surface area contributed by atoms with E-state index < -0.39 is 28.4 Å². The van der Waals surface area contributed by atoms with Crippen LogP contribution in [0.15, 0.2) is 53.4 Å². The normalized spacial score (nSPS) is 10.9. The van der Waals surface area contributed by atoms with Gasteiger partial charge in [0.15, 0.2) is 6.61 Å². The second-order valence-electron chi connectivity index (χ2n) is 5.19. The molecule has 144 valence electrons. The van der Waals surface area contributed by atoms with Crippen molar-refractivity contribution in [2.45, 2.75) is 4.90 Å². The number of hydrogen-bond donors (Lipinski definition) is 2. The molecule has 27 heavy (non-hydrogen) atoms. The Balaban J connectivity index is 1.92. The molecule has 2 aromatic carbocycles. The summed E-state index contributed by atoms with van der Waals surface area (Å²) in [7, 11) is -2.71. The number of hydrogen-bond acceptors (Lipinski definition) is 6. The Morgan fingerprint density at radius 1 is 1.07 bits per heavy atom. The first-order valence-corrected chi connectivity index (χ1v) is 9.51. The van der Waals surface area contributed by atoms with Crippen LogP contribution in [-0.4, -0.2) is 40.6 Å². The third-order valence-corrected chi connectivity index (χ3v) is 5.01. The van der Waals surface area contributed by atoms with Gasteiger partial charge >= 0.3 is 5.97 Å². The summed E-state index contributed by atoms with van der Waals surface area (Å²) in [6.45, 7) is -0.735. The van der Waals surface area contributed by atoms with Crippen molar-refractivity contribution in [1.29, 1.82) is 0 Å². The number of anilines is 1. The monoisotopic (exact) mass is 412 g/mol. The van der Waals surface area contributed by atoms with E-state index >= 15 is 0 Å². The summed E-state index contributed by atoms with van der Waals surface area (Å²) in [6.07, 6.45) is 0. The molecule has 0 unspecified atom stereocenters. The number of benzene rings is 2. The molecule has 0 fully saturated rings. The van der Waals surface area contributed by atoms with E-state index in [0.29, 0.717) is 16.5 Å². The third-order valence-electron chi connectivity index (χ3n) is 3.28. The van der Waals surface area contributed by atoms with Crippen LogP contribution in [0.3, 0.4) is 0 Å². The Hall–Kier alpha value is -2.62. The van der Waals surface area contributed by atoms with Crippen LogP contribution in [-0.2, 0) is 24.3 Å². The average molecular weight is 413 g/mol. The lowest BCUT2D eigenvalue weighted by molar-refractivity contribution is -0.139. The topological polar surface area (TPSA) is 111 Å². The van der Waals surface area contributed by atoms with Gasteiger partial charge in [-0.25, -0.2) is 8.42 Å². The molecular weight excluding hydrogens is 396 g/mol. The van der Waals surface area contributed by atoms with E-state index in [1.807, 2.05) is 0 Å². The summed E-state index contributed by atoms with van der Waals surface area (Å²) in [5.41, 5.74) is 0.384. The van der Waals surface area contributed by atoms with Crippen molar-refractivity contribution in [3.8, 4) is 5.75 Å². The van der Waals surface area contributed by atoms with Crippen molar-refractivity contribution in [2.75, 3.05) is 25.6 Å². The maximum absolute atomic E-state index is 12.0. The van der Waals surface area contributed by atoms with Gasteiger partial charge in [0, 0.05) is 5.69 Å². The highest BCUT2D eigenvalue weighted by atomic mass is 35.5. The van der Waals surface area contributed by atoms with Crippen LogP contribution >= 0.6 is 11.6 Å². The maximum atomic E-state index is 12.0. The number of carbonyl (C=O) groups is 2. The number of ether oxygens (including phenoxy) is 2. The standard InChI is InChI=1S/C17H17ClN2O6S/c1-25-17(22)10-19-27(23,24)13-8-6-12(7-9-13)20-16(21)11-26-15-5-3-2-4-14(15)18/h2-9,19H,10-11H2,1H3,(H,20,21). The number of rotatable bonds is 8. The van der Waals surface area contributed by atoms with Crippen LogP contribution in [0.25, 0.3) is 0 Å². The Kier molecular flexibility index (Phi) is 7.17. The Morgan fingerprint density at radius 3 is 2.37 bits per heavy atom. The highest BCUT2D eigenvalue weighted by Crippen LogP contribution is 2.23. The number of para-hydroxylation sites is 1. The minimum Gasteiger partial charge on any atom is -0.482 e. The minimum absolute atomic E-state index is 0.0586. The highest BCUT2D eigenvalue weighted by molar-refractivity contribution is 7.89. The highest BCUT2D eigenvalue weighted by Gasteiger charge is 2.16. The summed E-state index contributed by atoms with van der Waals surface area (Å²) >= 11 is 5.93. The summed E-state index contributed by atoms with van der Waals surface area (Å²) in [4.78, 5) is 22.9. The van der Waals surface area contributed by atoms with Crippen molar-refractivity contribution in [3.05, 3.63) is 53.6 Å². The lowest BCUT2D eigenvalue weighted by Crippen LogP contribution is -2.30. The third kappa shape index (κ3) is 6.24. The van der Waals surface area contributed by atoms with Crippen molar-refractivity contribution in [1.82, 2.24) is 4.72 Å². The van der Waals surface area contributed by atoms with Crippen LogP contribution < -0.4 is 14.8 Å². The molecule has 0 saturated carbocycles. The van der Waals surface area contributed by atoms with E-state index in [4.69, 9.17) is 16.3 Å². The van der Waals surface area contributed by atoms with Gasteiger partial charge in [0.05, 0.1) is 17.0 Å². The first kappa shape index (κ1) is 20.7. The van der Waals surface area contributed by atoms with Gasteiger partial charge in [-0.15, -0.1) is 0 Å². The summed E-state index contributed by atoms with van der Waals surface area (Å²) in [5, 5.41) is 2.96. The molecular formula is C17H17ClN2O6S. The van der Waals surface area contributed by atoms with Gasteiger partial charge in [0.1, 0.15) is 12.3 Å². The zero-order chi connectivity index (χ0) is 19.9. The van der Waals surface area contributed by atoms with Crippen LogP contribution in [0, 0.1) is 0 Å². The van der Waals surface area contributed by atoms with Crippen LogP contribution in [0.5, 0.6) is 5.75 Å². The molecule has 0 atom stereocenters. The second kappa shape index (κ2) is 9.36. The van der Waals surface area contributed by atoms with Gasteiger partial charge in [-0.05, 0) is 36.4 Å². The number of nitrogens with one attached hydrogen (secondary N) is 2. The first-order chi connectivity index (χ1) is 12.8. The molecule has 8 nitrogen and oxygen atoms in total. The molecule has 0 heterocycles. The molecule has 0 bridgehead atoms. The molecule has 2 rings (SSSR count). The Morgan fingerprint density at radius 2 is 1.74 bits per heavy atom. The van der Waals surface area contributed by atoms with Crippen LogP contribution in [0.2, 0.25) is 5.02 Å². The SMILES string of the molecule is COC(=O)CNS(=O)(=O)c1ccc(NC(=O)COc2ccccc2Cl)cc1. The zero-order valence-electron chi connectivity index (χ0n) is 14.3. The smallest absolute Gasteiger partial charge is 0.320 e. The number of carbonyl (C=O) groups excluding carboxylic acids is 2. The Bertz CT molecular complexity index is 915. The molecule has 2 aromatic rings. The van der Waals surface area contributed by atoms with Gasteiger partial charge in [-0.3, -0.25) is 9.59 Å². The fraction of sp³-hybridized carbons (Fsp3) is 0.176. The van der Waals surface area contributed by atoms with E-state index in [2.05, 4.69) is 14.8 Å². The number of amides is 1. The predicted octanol–water partition coefficient (Wildman–Crippen LogP) is 1.81. The lowest BCUT2D eigenvalue weighted by Gasteiger charge is -2.10. The maximum Gasteiger partial charge on any atom is 0.320 e. The number of methoxy groups -OCH3 is 1. The molecule has 0 spiro atoms. The molecule has 0 saturated heterocycles. The molecule has 2 N–H and O–H groups in total. The fourth-order valence-corrected chi connectivity index (χ4v) is 3.09. The molecule has 0 aliphatic rings. The second-order valence-corrected chi connectivity index (χ2v) is 7.37. The zero-order valence-corrected chi connectivity index (χ0v) is 15.8. The van der Waals surface area contributed by atoms with E-state index in [-0.39, 0.29) is 11.5 Å². The fourth-order valence-electron chi connectivity index (χ4n) is 1.93. The molecule has 10 heteroatoms. The van der Waals surface area contributed by atoms with E-state index in [0.717, 1.165) is 7.11 Å². The lowest BCUT2D eigenvalue weighted by atomic mass is 10.3.